The molecule has 0 spiro atoms. The maximum atomic E-state index is 5.43. The van der Waals surface area contributed by atoms with Crippen molar-refractivity contribution in [3.05, 3.63) is 21.7 Å². The molecule has 2 aromatic rings. The van der Waals surface area contributed by atoms with Gasteiger partial charge in [0.2, 0.25) is 0 Å². The van der Waals surface area contributed by atoms with Crippen molar-refractivity contribution >= 4 is 33.3 Å². The van der Waals surface area contributed by atoms with E-state index in [0.29, 0.717) is 12.4 Å². The molecule has 7 heteroatoms. The lowest BCUT2D eigenvalue weighted by atomic mass is 10.5. The third kappa shape index (κ3) is 1.86. The molecule has 0 atom stereocenters. The van der Waals surface area contributed by atoms with Crippen LogP contribution in [0.5, 0.6) is 0 Å². The Kier molecular flexibility index (Phi) is 2.28. The number of rotatable bonds is 2. The summed E-state index contributed by atoms with van der Waals surface area (Å²) in [5, 5.41) is 7.52. The quantitative estimate of drug-likeness (QED) is 0.878. The summed E-state index contributed by atoms with van der Waals surface area (Å²) in [6.45, 7) is 0.648. The highest BCUT2D eigenvalue weighted by Crippen LogP contribution is 2.20. The first-order valence-electron chi connectivity index (χ1n) is 3.50. The van der Waals surface area contributed by atoms with Crippen LogP contribution in [-0.2, 0) is 6.54 Å². The highest BCUT2D eigenvalue weighted by atomic mass is 79.9. The van der Waals surface area contributed by atoms with Gasteiger partial charge in [0.15, 0.2) is 5.82 Å². The second kappa shape index (κ2) is 3.43. The number of hydrogen-bond acceptors (Lipinski definition) is 5. The fraction of sp³-hybridized carbons (Fsp3) is 0.167. The molecule has 13 heavy (non-hydrogen) atoms. The summed E-state index contributed by atoms with van der Waals surface area (Å²) in [6, 6.07) is 0. The molecule has 2 heterocycles. The topological polar surface area (TPSA) is 69.6 Å². The van der Waals surface area contributed by atoms with Crippen molar-refractivity contribution in [2.24, 2.45) is 0 Å². The van der Waals surface area contributed by atoms with Crippen LogP contribution in [0.15, 0.2) is 16.9 Å². The van der Waals surface area contributed by atoms with E-state index in [-0.39, 0.29) is 0 Å². The van der Waals surface area contributed by atoms with Crippen LogP contribution >= 0.6 is 27.5 Å². The second-order valence-electron chi connectivity index (χ2n) is 2.44. The predicted molar refractivity (Wildman–Crippen MR) is 53.4 cm³/mol. The third-order valence-electron chi connectivity index (χ3n) is 1.46. The minimum atomic E-state index is 0.431. The molecule has 2 rings (SSSR count). The van der Waals surface area contributed by atoms with Gasteiger partial charge in [-0.05, 0) is 27.5 Å². The molecule has 5 nitrogen and oxygen atoms in total. The highest BCUT2D eigenvalue weighted by molar-refractivity contribution is 9.10. The van der Waals surface area contributed by atoms with E-state index in [1.165, 1.54) is 11.5 Å². The molecule has 0 saturated heterocycles. The van der Waals surface area contributed by atoms with Crippen LogP contribution < -0.4 is 5.73 Å². The normalized spacial score (nSPS) is 10.5. The Balaban J connectivity index is 2.19. The zero-order chi connectivity index (χ0) is 9.26. The van der Waals surface area contributed by atoms with Crippen LogP contribution in [0.2, 0.25) is 0 Å². The molecule has 68 valence electrons. The maximum Gasteiger partial charge on any atom is 0.165 e. The molecular weight excluding hydrogens is 254 g/mol. The summed E-state index contributed by atoms with van der Waals surface area (Å²) in [7, 11) is 0. The molecule has 2 aromatic heterocycles. The standard InChI is InChI=1S/C6H6BrN5S/c7-4-1-9-13-5(4)2-12-3-6(8)10-11-12/h1,3H,2,8H2. The van der Waals surface area contributed by atoms with E-state index in [1.807, 2.05) is 0 Å². The summed E-state index contributed by atoms with van der Waals surface area (Å²) in [5.41, 5.74) is 5.43. The summed E-state index contributed by atoms with van der Waals surface area (Å²) in [4.78, 5) is 1.10. The SMILES string of the molecule is Nc1cn(Cc2sncc2Br)nn1. The van der Waals surface area contributed by atoms with Gasteiger partial charge in [-0.1, -0.05) is 5.21 Å². The zero-order valence-electron chi connectivity index (χ0n) is 6.51. The van der Waals surface area contributed by atoms with E-state index in [0.717, 1.165) is 9.35 Å². The van der Waals surface area contributed by atoms with Crippen molar-refractivity contribution < 1.29 is 0 Å². The van der Waals surface area contributed by atoms with Crippen LogP contribution in [0.3, 0.4) is 0 Å². The fourth-order valence-corrected chi connectivity index (χ4v) is 2.09. The number of anilines is 1. The van der Waals surface area contributed by atoms with Gasteiger partial charge in [0.25, 0.3) is 0 Å². The lowest BCUT2D eigenvalue weighted by Crippen LogP contribution is -1.98. The monoisotopic (exact) mass is 259 g/mol. The van der Waals surface area contributed by atoms with E-state index in [4.69, 9.17) is 5.73 Å². The Bertz CT molecular complexity index is 409. The molecule has 0 aliphatic rings. The fourth-order valence-electron chi connectivity index (χ4n) is 0.894. The average molecular weight is 260 g/mol. The van der Waals surface area contributed by atoms with Gasteiger partial charge in [0.05, 0.1) is 28.3 Å². The van der Waals surface area contributed by atoms with Gasteiger partial charge in [-0.15, -0.1) is 5.10 Å². The number of nitrogens with two attached hydrogens (primary N) is 1. The van der Waals surface area contributed by atoms with Crippen molar-refractivity contribution in [1.82, 2.24) is 19.4 Å². The molecule has 0 unspecified atom stereocenters. The van der Waals surface area contributed by atoms with Crippen molar-refractivity contribution in [2.75, 3.05) is 5.73 Å². The number of halogens is 1. The minimum Gasteiger partial charge on any atom is -0.381 e. The first kappa shape index (κ1) is 8.64. The Morgan fingerprint density at radius 1 is 1.62 bits per heavy atom. The van der Waals surface area contributed by atoms with Crippen molar-refractivity contribution in [2.45, 2.75) is 6.54 Å². The molecular formula is C6H6BrN5S. The van der Waals surface area contributed by atoms with E-state index < -0.39 is 0 Å². The van der Waals surface area contributed by atoms with Crippen LogP contribution in [0.4, 0.5) is 5.82 Å². The molecule has 0 radical (unpaired) electrons. The lowest BCUT2D eigenvalue weighted by molar-refractivity contribution is 0.655. The minimum absolute atomic E-state index is 0.431. The van der Waals surface area contributed by atoms with Crippen LogP contribution in [0.25, 0.3) is 0 Å². The zero-order valence-corrected chi connectivity index (χ0v) is 8.92. The Labute approximate surface area is 86.9 Å². The van der Waals surface area contributed by atoms with Crippen molar-refractivity contribution in [3.8, 4) is 0 Å². The average Bonchev–Trinajstić information content (AvgIpc) is 2.64. The van der Waals surface area contributed by atoms with Crippen LogP contribution in [0.1, 0.15) is 4.88 Å². The molecule has 0 aliphatic heterocycles. The number of hydrogen-bond donors (Lipinski definition) is 1. The second-order valence-corrected chi connectivity index (χ2v) is 4.18. The molecule has 0 saturated carbocycles. The van der Waals surface area contributed by atoms with Gasteiger partial charge < -0.3 is 5.73 Å². The molecule has 0 aliphatic carbocycles. The van der Waals surface area contributed by atoms with Gasteiger partial charge in [-0.25, -0.2) is 4.68 Å². The van der Waals surface area contributed by atoms with E-state index in [9.17, 15) is 0 Å². The van der Waals surface area contributed by atoms with Gasteiger partial charge in [0.1, 0.15) is 0 Å². The first-order chi connectivity index (χ1) is 6.25. The van der Waals surface area contributed by atoms with E-state index >= 15 is 0 Å². The summed E-state index contributed by atoms with van der Waals surface area (Å²) < 4.78 is 6.69. The van der Waals surface area contributed by atoms with Gasteiger partial charge in [0, 0.05) is 0 Å². The predicted octanol–water partition coefficient (Wildman–Crippen LogP) is 1.13. The Morgan fingerprint density at radius 3 is 3.00 bits per heavy atom. The van der Waals surface area contributed by atoms with Crippen molar-refractivity contribution in [3.63, 3.8) is 0 Å². The molecule has 2 N–H and O–H groups in total. The van der Waals surface area contributed by atoms with Gasteiger partial charge >= 0.3 is 0 Å². The van der Waals surface area contributed by atoms with Crippen molar-refractivity contribution in [1.29, 1.82) is 0 Å². The van der Waals surface area contributed by atoms with Gasteiger partial charge in [-0.3, -0.25) is 0 Å². The van der Waals surface area contributed by atoms with Crippen LogP contribution in [-0.4, -0.2) is 19.4 Å². The smallest absolute Gasteiger partial charge is 0.165 e. The highest BCUT2D eigenvalue weighted by Gasteiger charge is 2.04. The van der Waals surface area contributed by atoms with E-state index in [2.05, 4.69) is 30.6 Å². The van der Waals surface area contributed by atoms with Crippen LogP contribution in [0, 0.1) is 0 Å². The number of nitrogens with zero attached hydrogens (tertiary/aromatic N) is 4. The number of nitrogen functional groups attached to an aromatic ring is 1. The Morgan fingerprint density at radius 2 is 2.46 bits per heavy atom. The summed E-state index contributed by atoms with van der Waals surface area (Å²) >= 11 is 4.81. The Hall–Kier alpha value is -0.950. The largest absolute Gasteiger partial charge is 0.381 e. The third-order valence-corrected chi connectivity index (χ3v) is 3.18. The summed E-state index contributed by atoms with van der Waals surface area (Å²) in [6.07, 6.45) is 3.45. The maximum absolute atomic E-state index is 5.43. The van der Waals surface area contributed by atoms with Gasteiger partial charge in [-0.2, -0.15) is 4.37 Å². The molecule has 0 aromatic carbocycles. The summed E-state index contributed by atoms with van der Waals surface area (Å²) in [5.74, 6) is 0.431. The first-order valence-corrected chi connectivity index (χ1v) is 5.07. The molecule has 0 fully saturated rings. The molecule has 0 bridgehead atoms. The number of aromatic nitrogens is 4. The molecule has 0 amide bonds. The van der Waals surface area contributed by atoms with E-state index in [1.54, 1.807) is 17.1 Å². The lowest BCUT2D eigenvalue weighted by Gasteiger charge is -1.95.